The molecule has 29 heavy (non-hydrogen) atoms. The molecule has 0 radical (unpaired) electrons. The van der Waals surface area contributed by atoms with Gasteiger partial charge in [0.25, 0.3) is 5.91 Å². The van der Waals surface area contributed by atoms with Gasteiger partial charge in [-0.15, -0.1) is 0 Å². The van der Waals surface area contributed by atoms with Crippen LogP contribution in [-0.2, 0) is 11.3 Å². The summed E-state index contributed by atoms with van der Waals surface area (Å²) in [5, 5.41) is 2.47. The molecule has 0 unspecified atom stereocenters. The van der Waals surface area contributed by atoms with Crippen LogP contribution in [0.2, 0.25) is 0 Å². The zero-order valence-corrected chi connectivity index (χ0v) is 16.2. The second-order valence-corrected chi connectivity index (χ2v) is 6.93. The van der Waals surface area contributed by atoms with E-state index < -0.39 is 11.7 Å². The highest BCUT2D eigenvalue weighted by Crippen LogP contribution is 2.18. The van der Waals surface area contributed by atoms with E-state index in [1.54, 1.807) is 24.1 Å². The van der Waals surface area contributed by atoms with Crippen LogP contribution < -0.4 is 15.0 Å². The van der Waals surface area contributed by atoms with Crippen LogP contribution in [0.4, 0.5) is 8.78 Å². The Labute approximate surface area is 168 Å². The lowest BCUT2D eigenvalue weighted by molar-refractivity contribution is -0.917. The number of carbonyl (C=O) groups excluding carboxylic acids is 2. The van der Waals surface area contributed by atoms with E-state index in [9.17, 15) is 18.4 Å². The van der Waals surface area contributed by atoms with Crippen LogP contribution >= 0.6 is 0 Å². The first kappa shape index (κ1) is 20.7. The Balaban J connectivity index is 1.48. The van der Waals surface area contributed by atoms with Crippen molar-refractivity contribution in [3.63, 3.8) is 0 Å². The average molecular weight is 404 g/mol. The third kappa shape index (κ3) is 5.29. The molecule has 3 rings (SSSR count). The number of methoxy groups -OCH3 is 1. The summed E-state index contributed by atoms with van der Waals surface area (Å²) >= 11 is 0. The number of amides is 2. The minimum atomic E-state index is -0.623. The molecule has 8 heteroatoms. The lowest BCUT2D eigenvalue weighted by atomic mass is 10.1. The summed E-state index contributed by atoms with van der Waals surface area (Å²) < 4.78 is 32.4. The van der Waals surface area contributed by atoms with Crippen molar-refractivity contribution in [2.75, 3.05) is 39.8 Å². The van der Waals surface area contributed by atoms with Gasteiger partial charge in [-0.05, 0) is 30.3 Å². The number of ether oxygens (including phenoxy) is 1. The Morgan fingerprint density at radius 1 is 1.14 bits per heavy atom. The summed E-state index contributed by atoms with van der Waals surface area (Å²) in [5.41, 5.74) is 0.707. The number of quaternary nitrogens is 1. The highest BCUT2D eigenvalue weighted by molar-refractivity contribution is 5.96. The third-order valence-electron chi connectivity index (χ3n) is 5.02. The van der Waals surface area contributed by atoms with E-state index in [1.165, 1.54) is 35.2 Å². The Morgan fingerprint density at radius 3 is 2.55 bits per heavy atom. The number of benzene rings is 2. The van der Waals surface area contributed by atoms with Gasteiger partial charge in [0.05, 0.1) is 51.0 Å². The fourth-order valence-corrected chi connectivity index (χ4v) is 3.41. The molecule has 1 heterocycles. The third-order valence-corrected chi connectivity index (χ3v) is 5.02. The Bertz CT molecular complexity index is 883. The maximum Gasteiger partial charge on any atom is 0.254 e. The van der Waals surface area contributed by atoms with E-state index in [4.69, 9.17) is 4.74 Å². The quantitative estimate of drug-likeness (QED) is 0.743. The van der Waals surface area contributed by atoms with E-state index >= 15 is 0 Å². The van der Waals surface area contributed by atoms with Crippen molar-refractivity contribution in [3.05, 3.63) is 65.2 Å². The molecule has 0 aromatic heterocycles. The molecular formula is C21H24F2N3O3+. The number of carbonyl (C=O) groups is 2. The molecule has 1 fully saturated rings. The number of hydrogen-bond acceptors (Lipinski definition) is 3. The van der Waals surface area contributed by atoms with E-state index in [-0.39, 0.29) is 23.8 Å². The van der Waals surface area contributed by atoms with Crippen LogP contribution in [0.1, 0.15) is 15.9 Å². The molecule has 1 aliphatic heterocycles. The molecular weight excluding hydrogens is 380 g/mol. The van der Waals surface area contributed by atoms with Gasteiger partial charge in [0, 0.05) is 0 Å². The second-order valence-electron chi connectivity index (χ2n) is 6.93. The normalized spacial score (nSPS) is 14.5. The van der Waals surface area contributed by atoms with Crippen LogP contribution in [0.3, 0.4) is 0 Å². The molecule has 154 valence electrons. The minimum absolute atomic E-state index is 0.0846. The first-order valence-electron chi connectivity index (χ1n) is 9.44. The molecule has 2 aromatic carbocycles. The van der Waals surface area contributed by atoms with Gasteiger partial charge >= 0.3 is 0 Å². The van der Waals surface area contributed by atoms with E-state index in [2.05, 4.69) is 5.32 Å². The van der Waals surface area contributed by atoms with Gasteiger partial charge in [0.15, 0.2) is 0 Å². The van der Waals surface area contributed by atoms with Crippen molar-refractivity contribution in [2.24, 2.45) is 0 Å². The monoisotopic (exact) mass is 404 g/mol. The molecule has 0 bridgehead atoms. The topological polar surface area (TPSA) is 63.1 Å². The number of piperazine rings is 1. The largest absolute Gasteiger partial charge is 0.496 e. The molecule has 2 N–H and O–H groups in total. The predicted molar refractivity (Wildman–Crippen MR) is 103 cm³/mol. The molecule has 2 aromatic rings. The van der Waals surface area contributed by atoms with Gasteiger partial charge in [-0.25, -0.2) is 8.78 Å². The van der Waals surface area contributed by atoms with Crippen molar-refractivity contribution in [1.29, 1.82) is 0 Å². The molecule has 0 atom stereocenters. The first-order valence-corrected chi connectivity index (χ1v) is 9.44. The standard InChI is InChI=1S/C21H23F2N3O3/c1-29-19-7-6-16(22)12-15(19)14-25-8-10-26(11-9-25)20(27)13-24-21(28)17-4-2-3-5-18(17)23/h2-7,12H,8-11,13-14H2,1H3,(H,24,28)/p+1. The Morgan fingerprint density at radius 2 is 1.86 bits per heavy atom. The summed E-state index contributed by atoms with van der Waals surface area (Å²) in [5.74, 6) is -1.11. The fraction of sp³-hybridized carbons (Fsp3) is 0.333. The molecule has 0 saturated carbocycles. The van der Waals surface area contributed by atoms with Crippen molar-refractivity contribution >= 4 is 11.8 Å². The molecule has 2 amide bonds. The maximum atomic E-state index is 13.6. The molecule has 0 aliphatic carbocycles. The summed E-state index contributed by atoms with van der Waals surface area (Å²) in [6.07, 6.45) is 0. The van der Waals surface area contributed by atoms with Crippen molar-refractivity contribution in [1.82, 2.24) is 10.2 Å². The van der Waals surface area contributed by atoms with E-state index in [0.717, 1.165) is 5.56 Å². The van der Waals surface area contributed by atoms with Crippen LogP contribution in [-0.4, -0.2) is 56.5 Å². The number of nitrogens with zero attached hydrogens (tertiary/aromatic N) is 1. The van der Waals surface area contributed by atoms with Crippen LogP contribution in [0, 0.1) is 11.6 Å². The van der Waals surface area contributed by atoms with Crippen LogP contribution in [0.5, 0.6) is 5.75 Å². The van der Waals surface area contributed by atoms with Gasteiger partial charge in [0.1, 0.15) is 23.9 Å². The molecule has 6 nitrogen and oxygen atoms in total. The predicted octanol–water partition coefficient (Wildman–Crippen LogP) is 0.631. The Kier molecular flexibility index (Phi) is 6.77. The molecule has 0 spiro atoms. The summed E-state index contributed by atoms with van der Waals surface area (Å²) in [6, 6.07) is 10.1. The number of halogens is 2. The maximum absolute atomic E-state index is 13.6. The zero-order valence-electron chi connectivity index (χ0n) is 16.2. The lowest BCUT2D eigenvalue weighted by Crippen LogP contribution is -3.13. The van der Waals surface area contributed by atoms with Gasteiger partial charge in [-0.2, -0.15) is 0 Å². The van der Waals surface area contributed by atoms with Crippen LogP contribution in [0.15, 0.2) is 42.5 Å². The first-order chi connectivity index (χ1) is 14.0. The SMILES string of the molecule is COc1ccc(F)cc1C[NH+]1CCN(C(=O)CNC(=O)c2ccccc2F)CC1. The average Bonchev–Trinajstić information content (AvgIpc) is 2.73. The Hall–Kier alpha value is -3.00. The number of rotatable bonds is 6. The fourth-order valence-electron chi connectivity index (χ4n) is 3.41. The van der Waals surface area contributed by atoms with E-state index in [1.807, 2.05) is 0 Å². The van der Waals surface area contributed by atoms with Crippen molar-refractivity contribution < 1.29 is 28.0 Å². The number of nitrogens with one attached hydrogen (secondary N) is 2. The van der Waals surface area contributed by atoms with Gasteiger partial charge in [-0.3, -0.25) is 9.59 Å². The van der Waals surface area contributed by atoms with Crippen molar-refractivity contribution in [3.8, 4) is 5.75 Å². The molecule has 1 saturated heterocycles. The van der Waals surface area contributed by atoms with Crippen LogP contribution in [0.25, 0.3) is 0 Å². The second kappa shape index (κ2) is 9.47. The minimum Gasteiger partial charge on any atom is -0.496 e. The summed E-state index contributed by atoms with van der Waals surface area (Å²) in [6.45, 7) is 2.88. The molecule has 1 aliphatic rings. The van der Waals surface area contributed by atoms with Crippen molar-refractivity contribution in [2.45, 2.75) is 6.54 Å². The lowest BCUT2D eigenvalue weighted by Gasteiger charge is -2.32. The van der Waals surface area contributed by atoms with Gasteiger partial charge in [-0.1, -0.05) is 12.1 Å². The highest BCUT2D eigenvalue weighted by atomic mass is 19.1. The summed E-state index contributed by atoms with van der Waals surface area (Å²) in [7, 11) is 1.55. The summed E-state index contributed by atoms with van der Waals surface area (Å²) in [4.78, 5) is 27.3. The van der Waals surface area contributed by atoms with Gasteiger partial charge in [0.2, 0.25) is 5.91 Å². The van der Waals surface area contributed by atoms with E-state index in [0.29, 0.717) is 38.5 Å². The smallest absolute Gasteiger partial charge is 0.254 e. The number of hydrogen-bond donors (Lipinski definition) is 2. The van der Waals surface area contributed by atoms with Gasteiger partial charge < -0.3 is 19.9 Å². The highest BCUT2D eigenvalue weighted by Gasteiger charge is 2.25. The zero-order chi connectivity index (χ0) is 20.8.